The van der Waals surface area contributed by atoms with Gasteiger partial charge in [-0.2, -0.15) is 0 Å². The molecule has 0 spiro atoms. The van der Waals surface area contributed by atoms with Crippen LogP contribution in [0.4, 0.5) is 13.2 Å². The van der Waals surface area contributed by atoms with Gasteiger partial charge in [0.25, 0.3) is 0 Å². The molecule has 6 rings (SSSR count). The van der Waals surface area contributed by atoms with Gasteiger partial charge in [0.05, 0.1) is 23.9 Å². The first kappa shape index (κ1) is 40.3. The predicted octanol–water partition coefficient (Wildman–Crippen LogP) is 9.05. The molecule has 0 amide bonds. The summed E-state index contributed by atoms with van der Waals surface area (Å²) in [4.78, 5) is 32.7. The third-order valence-corrected chi connectivity index (χ3v) is 15.6. The Balaban J connectivity index is 1.51. The lowest BCUT2D eigenvalue weighted by atomic mass is 9.96. The Bertz CT molecular complexity index is 2120. The van der Waals surface area contributed by atoms with E-state index in [1.165, 1.54) is 22.6 Å². The van der Waals surface area contributed by atoms with Gasteiger partial charge in [-0.05, 0) is 76.5 Å². The minimum absolute atomic E-state index is 0.0250. The highest BCUT2D eigenvalue weighted by Gasteiger charge is 2.53. The minimum Gasteiger partial charge on any atom is -0.453 e. The molecule has 0 radical (unpaired) electrons. The van der Waals surface area contributed by atoms with Crippen LogP contribution < -0.4 is 0 Å². The van der Waals surface area contributed by atoms with E-state index < -0.39 is 67.5 Å². The number of carbonyl (C=O) groups excluding carboxylic acids is 2. The predicted molar refractivity (Wildman–Crippen MR) is 205 cm³/mol. The molecule has 1 fully saturated rings. The molecule has 10 nitrogen and oxygen atoms in total. The van der Waals surface area contributed by atoms with Gasteiger partial charge < -0.3 is 18.6 Å². The van der Waals surface area contributed by atoms with Gasteiger partial charge >= 0.3 is 11.9 Å². The minimum atomic E-state index is -2.44. The number of esters is 2. The zero-order chi connectivity index (χ0) is 39.5. The maximum Gasteiger partial charge on any atom is 0.338 e. The smallest absolute Gasteiger partial charge is 0.338 e. The van der Waals surface area contributed by atoms with E-state index in [4.69, 9.17) is 18.6 Å². The van der Waals surface area contributed by atoms with E-state index in [1.807, 2.05) is 6.07 Å². The summed E-state index contributed by atoms with van der Waals surface area (Å²) < 4.78 is 70.8. The molecule has 2 unspecified atom stereocenters. The summed E-state index contributed by atoms with van der Waals surface area (Å²) >= 11 is 4.67. The first-order valence-corrected chi connectivity index (χ1v) is 21.8. The van der Waals surface area contributed by atoms with Crippen LogP contribution in [0.15, 0.2) is 107 Å². The normalized spacial score (nSPS) is 20.2. The molecule has 1 aliphatic heterocycles. The quantitative estimate of drug-likeness (QED) is 0.0725. The summed E-state index contributed by atoms with van der Waals surface area (Å²) in [6.07, 6.45) is 1.16. The summed E-state index contributed by atoms with van der Waals surface area (Å²) in [7, 11) is -2.44. The standard InChI is InChI=1S/C39H38BrF3N4O6SSi/c1-39(2,3)55(4,5)50-22-31-34(52-36(48)23-12-8-6-9-13-23)33(47-21-30(45-46-47)25-16-28(41)32(43)29(42)17-25)35(53-37(49)24-14-10-7-11-15-24)38(51-31)54-27-18-26(40)19-44-20-27/h6-21,31,33-35,38H,22H2,1-5H3/t31?,33-,34-,35?,38+/m0/s1. The monoisotopic (exact) mass is 854 g/mol. The maximum atomic E-state index is 14.4. The van der Waals surface area contributed by atoms with Crippen molar-refractivity contribution in [2.45, 2.75) is 73.6 Å². The van der Waals surface area contributed by atoms with E-state index >= 15 is 0 Å². The second-order valence-corrected chi connectivity index (χ2v) is 21.3. The molecule has 5 aromatic rings. The molecule has 2 aromatic heterocycles. The molecule has 5 atom stereocenters. The van der Waals surface area contributed by atoms with Gasteiger partial charge in [0.1, 0.15) is 23.3 Å². The molecule has 0 saturated carbocycles. The van der Waals surface area contributed by atoms with Gasteiger partial charge in [-0.3, -0.25) is 4.98 Å². The van der Waals surface area contributed by atoms with Crippen LogP contribution in [0.2, 0.25) is 18.1 Å². The first-order valence-electron chi connectivity index (χ1n) is 17.3. The molecule has 3 aromatic carbocycles. The topological polar surface area (TPSA) is 115 Å². The highest BCUT2D eigenvalue weighted by atomic mass is 79.9. The summed E-state index contributed by atoms with van der Waals surface area (Å²) in [5.41, 5.74) is -0.626. The molecule has 1 aliphatic rings. The number of thioether (sulfide) groups is 1. The summed E-state index contributed by atoms with van der Waals surface area (Å²) in [5, 5.41) is 8.30. The second-order valence-electron chi connectivity index (χ2n) is 14.4. The third-order valence-electron chi connectivity index (χ3n) is 9.56. The van der Waals surface area contributed by atoms with Crippen LogP contribution in [0, 0.1) is 17.5 Å². The van der Waals surface area contributed by atoms with Crippen LogP contribution in [0.3, 0.4) is 0 Å². The summed E-state index contributed by atoms with van der Waals surface area (Å²) in [6.45, 7) is 10.4. The van der Waals surface area contributed by atoms with Crippen molar-refractivity contribution in [3.8, 4) is 11.3 Å². The van der Waals surface area contributed by atoms with Crippen LogP contribution >= 0.6 is 27.7 Å². The summed E-state index contributed by atoms with van der Waals surface area (Å²) in [5.74, 6) is -5.86. The van der Waals surface area contributed by atoms with Crippen molar-refractivity contribution in [3.05, 3.63) is 131 Å². The highest BCUT2D eigenvalue weighted by Crippen LogP contribution is 2.43. The van der Waals surface area contributed by atoms with Crippen LogP contribution in [-0.2, 0) is 18.6 Å². The summed E-state index contributed by atoms with van der Waals surface area (Å²) in [6, 6.07) is 18.9. The van der Waals surface area contributed by atoms with E-state index in [9.17, 15) is 22.8 Å². The SMILES string of the molecule is CC(C)(C)[Si](C)(C)OCC1O[C@H](Sc2cncc(Br)c2)C(OC(=O)c2ccccc2)[C@@H](n2cc(-c3cc(F)c(F)c(F)c3)nn2)[C@H]1OC(=O)c1ccccc1. The van der Waals surface area contributed by atoms with Crippen LogP contribution in [-0.4, -0.2) is 70.6 Å². The Morgan fingerprint density at radius 1 is 0.891 bits per heavy atom. The molecule has 0 N–H and O–H groups in total. The zero-order valence-electron chi connectivity index (χ0n) is 30.5. The van der Waals surface area contributed by atoms with Crippen LogP contribution in [0.1, 0.15) is 47.5 Å². The van der Waals surface area contributed by atoms with Gasteiger partial charge in [0.15, 0.2) is 38.0 Å². The van der Waals surface area contributed by atoms with E-state index in [0.717, 1.165) is 12.1 Å². The van der Waals surface area contributed by atoms with Crippen molar-refractivity contribution < 1.29 is 41.4 Å². The molecule has 16 heteroatoms. The molecular formula is C39H38BrF3N4O6SSi. The molecular weight excluding hydrogens is 818 g/mol. The van der Waals surface area contributed by atoms with Crippen LogP contribution in [0.25, 0.3) is 11.3 Å². The van der Waals surface area contributed by atoms with E-state index in [-0.39, 0.29) is 34.0 Å². The number of hydrogen-bond acceptors (Lipinski definition) is 10. The molecule has 0 aliphatic carbocycles. The molecule has 288 valence electrons. The van der Waals surface area contributed by atoms with Gasteiger partial charge in [0, 0.05) is 27.3 Å². The van der Waals surface area contributed by atoms with Crippen LogP contribution in [0.5, 0.6) is 0 Å². The number of nitrogens with zero attached hydrogens (tertiary/aromatic N) is 4. The maximum absolute atomic E-state index is 14.4. The molecule has 0 bridgehead atoms. The second kappa shape index (κ2) is 16.8. The number of carbonyl (C=O) groups is 2. The number of hydrogen-bond donors (Lipinski definition) is 0. The Kier molecular flexibility index (Phi) is 12.3. The van der Waals surface area contributed by atoms with Gasteiger partial charge in [0.2, 0.25) is 0 Å². The molecule has 1 saturated heterocycles. The number of pyridine rings is 1. The lowest BCUT2D eigenvalue weighted by Crippen LogP contribution is -2.58. The van der Waals surface area contributed by atoms with Crippen molar-refractivity contribution >= 4 is 47.9 Å². The number of aromatic nitrogens is 4. The Morgan fingerprint density at radius 2 is 1.47 bits per heavy atom. The van der Waals surface area contributed by atoms with Crippen molar-refractivity contribution in [3.63, 3.8) is 0 Å². The first-order chi connectivity index (χ1) is 26.1. The van der Waals surface area contributed by atoms with Crippen molar-refractivity contribution in [1.82, 2.24) is 20.0 Å². The zero-order valence-corrected chi connectivity index (χ0v) is 33.9. The Labute approximate surface area is 330 Å². The van der Waals surface area contributed by atoms with E-state index in [1.54, 1.807) is 73.1 Å². The average molecular weight is 856 g/mol. The highest BCUT2D eigenvalue weighted by molar-refractivity contribution is 9.10. The number of benzene rings is 3. The lowest BCUT2D eigenvalue weighted by Gasteiger charge is -2.46. The number of rotatable bonds is 11. The fraction of sp³-hybridized carbons (Fsp3) is 0.308. The largest absolute Gasteiger partial charge is 0.453 e. The van der Waals surface area contributed by atoms with Crippen molar-refractivity contribution in [1.29, 1.82) is 0 Å². The molecule has 3 heterocycles. The molecule has 55 heavy (non-hydrogen) atoms. The van der Waals surface area contributed by atoms with Gasteiger partial charge in [-0.15, -0.1) is 5.10 Å². The van der Waals surface area contributed by atoms with Gasteiger partial charge in [-0.1, -0.05) is 74.1 Å². The third kappa shape index (κ3) is 9.37. The van der Waals surface area contributed by atoms with E-state index in [2.05, 4.69) is 65.1 Å². The van der Waals surface area contributed by atoms with Crippen molar-refractivity contribution in [2.24, 2.45) is 0 Å². The fourth-order valence-corrected chi connectivity index (χ4v) is 8.25. The van der Waals surface area contributed by atoms with E-state index in [0.29, 0.717) is 9.37 Å². The number of halogens is 4. The van der Waals surface area contributed by atoms with Crippen molar-refractivity contribution in [2.75, 3.05) is 6.61 Å². The Morgan fingerprint density at radius 3 is 2.04 bits per heavy atom. The Hall–Kier alpha value is -4.35. The lowest BCUT2D eigenvalue weighted by molar-refractivity contribution is -0.179. The van der Waals surface area contributed by atoms with Gasteiger partial charge in [-0.25, -0.2) is 27.4 Å². The fourth-order valence-electron chi connectivity index (χ4n) is 5.58. The average Bonchev–Trinajstić information content (AvgIpc) is 3.64. The number of ether oxygens (including phenoxy) is 3.